The molecule has 0 atom stereocenters. The van der Waals surface area contributed by atoms with Gasteiger partial charge < -0.3 is 10.2 Å². The Balaban J connectivity index is 1.83. The van der Waals surface area contributed by atoms with Crippen LogP contribution in [0.4, 0.5) is 14.9 Å². The quantitative estimate of drug-likeness (QED) is 0.907. The summed E-state index contributed by atoms with van der Waals surface area (Å²) >= 11 is 0. The molecule has 1 N–H and O–H groups in total. The van der Waals surface area contributed by atoms with E-state index >= 15 is 0 Å². The lowest BCUT2D eigenvalue weighted by Crippen LogP contribution is -2.61. The number of anilines is 1. The average Bonchev–Trinajstić information content (AvgIpc) is 2.32. The molecule has 19 heavy (non-hydrogen) atoms. The fourth-order valence-corrected chi connectivity index (χ4v) is 2.36. The highest BCUT2D eigenvalue weighted by Gasteiger charge is 2.33. The highest BCUT2D eigenvalue weighted by atomic mass is 19.1. The van der Waals surface area contributed by atoms with Crippen LogP contribution in [0.3, 0.4) is 0 Å². The van der Waals surface area contributed by atoms with Crippen molar-refractivity contribution in [2.45, 2.75) is 19.9 Å². The van der Waals surface area contributed by atoms with Crippen molar-refractivity contribution in [1.29, 1.82) is 0 Å². The number of nitrogens with zero attached hydrogens (tertiary/aromatic N) is 2. The first-order valence-corrected chi connectivity index (χ1v) is 6.69. The number of benzene rings is 1. The van der Waals surface area contributed by atoms with Crippen molar-refractivity contribution in [1.82, 2.24) is 9.80 Å². The molecule has 1 aliphatic rings. The highest BCUT2D eigenvalue weighted by molar-refractivity contribution is 5.89. The van der Waals surface area contributed by atoms with E-state index in [4.69, 9.17) is 0 Å². The van der Waals surface area contributed by atoms with Crippen molar-refractivity contribution in [3.05, 3.63) is 30.1 Å². The molecular weight excluding hydrogens is 245 g/mol. The summed E-state index contributed by atoms with van der Waals surface area (Å²) in [5, 5.41) is 2.71. The number of hydrogen-bond donors (Lipinski definition) is 1. The van der Waals surface area contributed by atoms with E-state index in [9.17, 15) is 9.18 Å². The molecule has 0 spiro atoms. The molecule has 104 valence electrons. The summed E-state index contributed by atoms with van der Waals surface area (Å²) in [6, 6.07) is 6.24. The van der Waals surface area contributed by atoms with Crippen LogP contribution in [0.15, 0.2) is 24.3 Å². The molecule has 0 bridgehead atoms. The van der Waals surface area contributed by atoms with E-state index < -0.39 is 0 Å². The Hall–Kier alpha value is -1.62. The van der Waals surface area contributed by atoms with E-state index in [0.717, 1.165) is 26.2 Å². The molecule has 1 aromatic carbocycles. The second-order valence-electron chi connectivity index (χ2n) is 4.72. The average molecular weight is 265 g/mol. The van der Waals surface area contributed by atoms with Gasteiger partial charge in [0.25, 0.3) is 0 Å². The number of halogens is 1. The van der Waals surface area contributed by atoms with Crippen molar-refractivity contribution >= 4 is 11.7 Å². The minimum atomic E-state index is -0.345. The minimum Gasteiger partial charge on any atom is -0.321 e. The third-order valence-corrected chi connectivity index (χ3v) is 3.55. The Morgan fingerprint density at radius 3 is 2.68 bits per heavy atom. The number of likely N-dealkylation sites (N-methyl/N-ethyl adjacent to an activating group) is 1. The molecule has 0 unspecified atom stereocenters. The lowest BCUT2D eigenvalue weighted by Gasteiger charge is -2.44. The summed E-state index contributed by atoms with van der Waals surface area (Å²) in [6.07, 6.45) is 0. The van der Waals surface area contributed by atoms with E-state index in [2.05, 4.69) is 24.1 Å². The van der Waals surface area contributed by atoms with Crippen molar-refractivity contribution < 1.29 is 9.18 Å². The van der Waals surface area contributed by atoms with Crippen molar-refractivity contribution in [2.75, 3.05) is 31.5 Å². The minimum absolute atomic E-state index is 0.158. The molecular formula is C14H20FN3O. The lowest BCUT2D eigenvalue weighted by molar-refractivity contribution is 0.0685. The Bertz CT molecular complexity index is 442. The monoisotopic (exact) mass is 265 g/mol. The number of carbonyl (C=O) groups excluding carboxylic acids is 1. The summed E-state index contributed by atoms with van der Waals surface area (Å²) in [4.78, 5) is 16.0. The van der Waals surface area contributed by atoms with Crippen LogP contribution in [0.2, 0.25) is 0 Å². The zero-order valence-corrected chi connectivity index (χ0v) is 11.4. The predicted octanol–water partition coefficient (Wildman–Crippen LogP) is 2.38. The fraction of sp³-hybridized carbons (Fsp3) is 0.500. The van der Waals surface area contributed by atoms with E-state index in [-0.39, 0.29) is 11.8 Å². The van der Waals surface area contributed by atoms with Gasteiger partial charge >= 0.3 is 6.03 Å². The van der Waals surface area contributed by atoms with Crippen LogP contribution in [0.25, 0.3) is 0 Å². The van der Waals surface area contributed by atoms with Gasteiger partial charge in [-0.1, -0.05) is 19.9 Å². The molecule has 2 amide bonds. The van der Waals surface area contributed by atoms with Gasteiger partial charge in [-0.25, -0.2) is 9.18 Å². The second-order valence-corrected chi connectivity index (χ2v) is 4.72. The van der Waals surface area contributed by atoms with Gasteiger partial charge in [0.15, 0.2) is 0 Å². The smallest absolute Gasteiger partial charge is 0.321 e. The SMILES string of the molecule is CCN(CC)C1CN(C(=O)Nc2cccc(F)c2)C1. The molecule has 0 radical (unpaired) electrons. The summed E-state index contributed by atoms with van der Waals surface area (Å²) in [6.45, 7) is 7.73. The number of rotatable bonds is 4. The molecule has 0 saturated carbocycles. The van der Waals surface area contributed by atoms with Crippen LogP contribution >= 0.6 is 0 Å². The zero-order chi connectivity index (χ0) is 13.8. The molecule has 1 saturated heterocycles. The summed E-state index contributed by atoms with van der Waals surface area (Å²) < 4.78 is 13.0. The number of nitrogens with one attached hydrogen (secondary N) is 1. The third-order valence-electron chi connectivity index (χ3n) is 3.55. The van der Waals surface area contributed by atoms with E-state index in [1.807, 2.05) is 0 Å². The molecule has 1 fully saturated rings. The predicted molar refractivity (Wildman–Crippen MR) is 73.7 cm³/mol. The van der Waals surface area contributed by atoms with Gasteiger partial charge in [0, 0.05) is 24.8 Å². The van der Waals surface area contributed by atoms with Crippen LogP contribution in [0.1, 0.15) is 13.8 Å². The molecule has 4 nitrogen and oxygen atoms in total. The Morgan fingerprint density at radius 1 is 1.42 bits per heavy atom. The lowest BCUT2D eigenvalue weighted by atomic mass is 10.1. The van der Waals surface area contributed by atoms with Gasteiger partial charge in [0.05, 0.1) is 0 Å². The zero-order valence-electron chi connectivity index (χ0n) is 11.4. The van der Waals surface area contributed by atoms with Crippen LogP contribution in [0.5, 0.6) is 0 Å². The van der Waals surface area contributed by atoms with Crippen LogP contribution in [0, 0.1) is 5.82 Å². The molecule has 0 aliphatic carbocycles. The first-order chi connectivity index (χ1) is 9.13. The molecule has 1 aliphatic heterocycles. The first-order valence-electron chi connectivity index (χ1n) is 6.69. The fourth-order valence-electron chi connectivity index (χ4n) is 2.36. The third kappa shape index (κ3) is 3.23. The second kappa shape index (κ2) is 6.02. The Kier molecular flexibility index (Phi) is 4.37. The van der Waals surface area contributed by atoms with Crippen LogP contribution in [-0.4, -0.2) is 48.1 Å². The maximum absolute atomic E-state index is 13.0. The maximum atomic E-state index is 13.0. The summed E-state index contributed by atoms with van der Waals surface area (Å²) in [5.41, 5.74) is 0.497. The van der Waals surface area contributed by atoms with E-state index in [0.29, 0.717) is 11.7 Å². The van der Waals surface area contributed by atoms with Gasteiger partial charge in [-0.2, -0.15) is 0 Å². The topological polar surface area (TPSA) is 35.6 Å². The highest BCUT2D eigenvalue weighted by Crippen LogP contribution is 2.17. The largest absolute Gasteiger partial charge is 0.321 e. The van der Waals surface area contributed by atoms with Crippen LogP contribution in [-0.2, 0) is 0 Å². The van der Waals surface area contributed by atoms with Crippen LogP contribution < -0.4 is 5.32 Å². The molecule has 2 rings (SSSR count). The van der Waals surface area contributed by atoms with Crippen molar-refractivity contribution in [3.8, 4) is 0 Å². The van der Waals surface area contributed by atoms with E-state index in [1.165, 1.54) is 12.1 Å². The maximum Gasteiger partial charge on any atom is 0.321 e. The van der Waals surface area contributed by atoms with Gasteiger partial charge in [-0.05, 0) is 31.3 Å². The number of carbonyl (C=O) groups is 1. The summed E-state index contributed by atoms with van der Waals surface area (Å²) in [7, 11) is 0. The Labute approximate surface area is 113 Å². The van der Waals surface area contributed by atoms with Gasteiger partial charge in [0.1, 0.15) is 5.82 Å². The van der Waals surface area contributed by atoms with Crippen molar-refractivity contribution in [3.63, 3.8) is 0 Å². The van der Waals surface area contributed by atoms with Gasteiger partial charge in [-0.15, -0.1) is 0 Å². The first kappa shape index (κ1) is 13.8. The Morgan fingerprint density at radius 2 is 2.11 bits per heavy atom. The summed E-state index contributed by atoms with van der Waals surface area (Å²) in [5.74, 6) is -0.345. The number of likely N-dealkylation sites (tertiary alicyclic amines) is 1. The van der Waals surface area contributed by atoms with Gasteiger partial charge in [-0.3, -0.25) is 4.90 Å². The molecule has 1 aromatic rings. The molecule has 1 heterocycles. The number of urea groups is 1. The molecule has 5 heteroatoms. The number of hydrogen-bond acceptors (Lipinski definition) is 2. The van der Waals surface area contributed by atoms with E-state index in [1.54, 1.807) is 17.0 Å². The molecule has 0 aromatic heterocycles. The van der Waals surface area contributed by atoms with Gasteiger partial charge in [0.2, 0.25) is 0 Å². The standard InChI is InChI=1S/C14H20FN3O/c1-3-17(4-2)13-9-18(10-13)14(19)16-12-7-5-6-11(15)8-12/h5-8,13H,3-4,9-10H2,1-2H3,(H,16,19). The number of amides is 2. The normalized spacial score (nSPS) is 15.5. The van der Waals surface area contributed by atoms with Crippen molar-refractivity contribution in [2.24, 2.45) is 0 Å².